The lowest BCUT2D eigenvalue weighted by Crippen LogP contribution is -2.56. The number of nitrogens with two attached hydrogens (primary N) is 1. The van der Waals surface area contributed by atoms with Crippen molar-refractivity contribution < 1.29 is 0 Å². The van der Waals surface area contributed by atoms with E-state index in [0.717, 1.165) is 25.9 Å². The number of nitrogens with zero attached hydrogens (tertiary/aromatic N) is 3. The van der Waals surface area contributed by atoms with Crippen molar-refractivity contribution in [3.63, 3.8) is 0 Å². The van der Waals surface area contributed by atoms with E-state index in [1.807, 2.05) is 17.9 Å². The second kappa shape index (κ2) is 6.34. The number of aryl methyl sites for hydroxylation is 2. The van der Waals surface area contributed by atoms with Crippen LogP contribution in [0, 0.1) is 0 Å². The van der Waals surface area contributed by atoms with Gasteiger partial charge in [0.1, 0.15) is 0 Å². The molecule has 1 heterocycles. The fraction of sp³-hybridized carbons (Fsp3) is 0.786. The molecule has 0 radical (unpaired) electrons. The van der Waals surface area contributed by atoms with Gasteiger partial charge in [-0.25, -0.2) is 0 Å². The zero-order valence-corrected chi connectivity index (χ0v) is 12.5. The summed E-state index contributed by atoms with van der Waals surface area (Å²) in [7, 11) is 1.98. The van der Waals surface area contributed by atoms with Crippen molar-refractivity contribution in [3.8, 4) is 0 Å². The largest absolute Gasteiger partial charge is 0.326 e. The maximum absolute atomic E-state index is 6.40. The van der Waals surface area contributed by atoms with E-state index in [0.29, 0.717) is 0 Å². The molecule has 1 aromatic rings. The lowest BCUT2D eigenvalue weighted by Gasteiger charge is -2.42. The third-order valence-corrected chi connectivity index (χ3v) is 4.12. The van der Waals surface area contributed by atoms with Crippen LogP contribution in [0.25, 0.3) is 0 Å². The summed E-state index contributed by atoms with van der Waals surface area (Å²) in [6, 6.07) is 2.24. The molecule has 1 atom stereocenters. The highest BCUT2D eigenvalue weighted by atomic mass is 15.3. The third-order valence-electron chi connectivity index (χ3n) is 4.12. The minimum absolute atomic E-state index is 0.0437. The van der Waals surface area contributed by atoms with Crippen LogP contribution in [0.1, 0.15) is 39.8 Å². The van der Waals surface area contributed by atoms with Crippen LogP contribution in [0.5, 0.6) is 0 Å². The number of aromatic nitrogens is 2. The molecule has 0 aromatic carbocycles. The Morgan fingerprint density at radius 3 is 2.44 bits per heavy atom. The average Bonchev–Trinajstić information content (AvgIpc) is 2.73. The van der Waals surface area contributed by atoms with Crippen LogP contribution >= 0.6 is 0 Å². The van der Waals surface area contributed by atoms with Crippen molar-refractivity contribution in [1.82, 2.24) is 14.7 Å². The van der Waals surface area contributed by atoms with Crippen molar-refractivity contribution in [2.45, 2.75) is 52.1 Å². The molecule has 0 aliphatic rings. The first-order valence-corrected chi connectivity index (χ1v) is 6.91. The molecule has 18 heavy (non-hydrogen) atoms. The Morgan fingerprint density at radius 1 is 1.39 bits per heavy atom. The summed E-state index contributed by atoms with van der Waals surface area (Å²) < 4.78 is 1.93. The summed E-state index contributed by atoms with van der Waals surface area (Å²) in [5, 5.41) is 4.19. The standard InChI is InChI=1S/C14H28N4/c1-6-18(7-2)14(3,4)13(15)9-8-12-10-11-16-17(12)5/h10-11,13H,6-9,15H2,1-5H3. The molecule has 0 bridgehead atoms. The predicted octanol–water partition coefficient (Wildman–Crippen LogP) is 1.80. The van der Waals surface area contributed by atoms with Gasteiger partial charge in [-0.2, -0.15) is 5.10 Å². The molecule has 0 spiro atoms. The van der Waals surface area contributed by atoms with Crippen molar-refractivity contribution in [2.24, 2.45) is 12.8 Å². The zero-order valence-electron chi connectivity index (χ0n) is 12.5. The van der Waals surface area contributed by atoms with Crippen LogP contribution in [0.4, 0.5) is 0 Å². The first-order valence-electron chi connectivity index (χ1n) is 6.91. The third kappa shape index (κ3) is 3.33. The number of likely N-dealkylation sites (N-methyl/N-ethyl adjacent to an activating group) is 1. The van der Waals surface area contributed by atoms with Gasteiger partial charge in [-0.05, 0) is 45.8 Å². The minimum atomic E-state index is 0.0437. The van der Waals surface area contributed by atoms with Gasteiger partial charge in [-0.3, -0.25) is 9.58 Å². The highest BCUT2D eigenvalue weighted by Gasteiger charge is 2.31. The zero-order chi connectivity index (χ0) is 13.8. The molecule has 0 saturated carbocycles. The SMILES string of the molecule is CCN(CC)C(C)(C)C(N)CCc1ccnn1C. The van der Waals surface area contributed by atoms with Gasteiger partial charge in [0.25, 0.3) is 0 Å². The maximum atomic E-state index is 6.40. The molecule has 1 unspecified atom stereocenters. The number of rotatable bonds is 7. The monoisotopic (exact) mass is 252 g/mol. The van der Waals surface area contributed by atoms with Crippen LogP contribution in [0.15, 0.2) is 12.3 Å². The molecule has 0 aliphatic heterocycles. The van der Waals surface area contributed by atoms with E-state index in [9.17, 15) is 0 Å². The van der Waals surface area contributed by atoms with E-state index in [-0.39, 0.29) is 11.6 Å². The highest BCUT2D eigenvalue weighted by Crippen LogP contribution is 2.20. The second-order valence-corrected chi connectivity index (χ2v) is 5.42. The van der Waals surface area contributed by atoms with Crippen LogP contribution in [-0.4, -0.2) is 39.4 Å². The van der Waals surface area contributed by atoms with Crippen LogP contribution < -0.4 is 5.73 Å². The molecule has 1 aromatic heterocycles. The summed E-state index contributed by atoms with van der Waals surface area (Å²) >= 11 is 0. The first kappa shape index (κ1) is 15.2. The van der Waals surface area contributed by atoms with Crippen molar-refractivity contribution in [2.75, 3.05) is 13.1 Å². The van der Waals surface area contributed by atoms with E-state index in [4.69, 9.17) is 5.73 Å². The molecular formula is C14H28N4. The lowest BCUT2D eigenvalue weighted by molar-refractivity contribution is 0.103. The minimum Gasteiger partial charge on any atom is -0.326 e. The van der Waals surface area contributed by atoms with Gasteiger partial charge in [-0.1, -0.05) is 13.8 Å². The summed E-state index contributed by atoms with van der Waals surface area (Å²) in [6.07, 6.45) is 3.82. The molecule has 2 N–H and O–H groups in total. The average molecular weight is 252 g/mol. The van der Waals surface area contributed by atoms with Gasteiger partial charge in [0, 0.05) is 30.5 Å². The molecule has 0 saturated heterocycles. The van der Waals surface area contributed by atoms with Crippen LogP contribution in [0.2, 0.25) is 0 Å². The van der Waals surface area contributed by atoms with Crippen LogP contribution in [0.3, 0.4) is 0 Å². The molecule has 104 valence electrons. The normalized spacial score (nSPS) is 14.2. The Balaban J connectivity index is 2.59. The van der Waals surface area contributed by atoms with Gasteiger partial charge < -0.3 is 5.73 Å². The molecule has 0 fully saturated rings. The number of hydrogen-bond acceptors (Lipinski definition) is 3. The van der Waals surface area contributed by atoms with Crippen molar-refractivity contribution in [3.05, 3.63) is 18.0 Å². The van der Waals surface area contributed by atoms with E-state index >= 15 is 0 Å². The molecule has 1 rings (SSSR count). The highest BCUT2D eigenvalue weighted by molar-refractivity contribution is 5.02. The van der Waals surface area contributed by atoms with Crippen molar-refractivity contribution >= 4 is 0 Å². The topological polar surface area (TPSA) is 47.1 Å². The van der Waals surface area contributed by atoms with Crippen LogP contribution in [-0.2, 0) is 13.5 Å². The molecule has 4 nitrogen and oxygen atoms in total. The maximum Gasteiger partial charge on any atom is 0.0492 e. The number of hydrogen-bond donors (Lipinski definition) is 1. The summed E-state index contributed by atoms with van der Waals surface area (Å²) in [5.74, 6) is 0. The summed E-state index contributed by atoms with van der Waals surface area (Å²) in [4.78, 5) is 2.43. The molecular weight excluding hydrogens is 224 g/mol. The van der Waals surface area contributed by atoms with E-state index < -0.39 is 0 Å². The molecule has 0 amide bonds. The van der Waals surface area contributed by atoms with E-state index in [1.54, 1.807) is 0 Å². The Morgan fingerprint density at radius 2 is 2.00 bits per heavy atom. The van der Waals surface area contributed by atoms with Gasteiger partial charge in [0.2, 0.25) is 0 Å². The Bertz CT molecular complexity index is 352. The fourth-order valence-electron chi connectivity index (χ4n) is 2.58. The van der Waals surface area contributed by atoms with Crippen molar-refractivity contribution in [1.29, 1.82) is 0 Å². The van der Waals surface area contributed by atoms with Gasteiger partial charge in [0.05, 0.1) is 0 Å². The Kier molecular flexibility index (Phi) is 5.35. The smallest absolute Gasteiger partial charge is 0.0492 e. The van der Waals surface area contributed by atoms with Gasteiger partial charge in [0.15, 0.2) is 0 Å². The first-order chi connectivity index (χ1) is 8.43. The van der Waals surface area contributed by atoms with E-state index in [1.165, 1.54) is 5.69 Å². The summed E-state index contributed by atoms with van der Waals surface area (Å²) in [6.45, 7) is 11.0. The predicted molar refractivity (Wildman–Crippen MR) is 76.5 cm³/mol. The second-order valence-electron chi connectivity index (χ2n) is 5.42. The quantitative estimate of drug-likeness (QED) is 0.805. The molecule has 4 heteroatoms. The molecule has 0 aliphatic carbocycles. The van der Waals surface area contributed by atoms with Gasteiger partial charge in [-0.15, -0.1) is 0 Å². The van der Waals surface area contributed by atoms with E-state index in [2.05, 4.69) is 43.8 Å². The Hall–Kier alpha value is -0.870. The van der Waals surface area contributed by atoms with Gasteiger partial charge >= 0.3 is 0 Å². The fourth-order valence-corrected chi connectivity index (χ4v) is 2.58. The lowest BCUT2D eigenvalue weighted by atomic mass is 9.89. The Labute approximate surface area is 111 Å². The summed E-state index contributed by atoms with van der Waals surface area (Å²) in [5.41, 5.74) is 7.69.